The van der Waals surface area contributed by atoms with Crippen LogP contribution in [-0.4, -0.2) is 4.57 Å². The van der Waals surface area contributed by atoms with Gasteiger partial charge in [0.1, 0.15) is 0 Å². The molecule has 0 saturated carbocycles. The Labute approximate surface area is 381 Å². The lowest BCUT2D eigenvalue weighted by molar-refractivity contribution is 0.660. The molecule has 0 bridgehead atoms. The van der Waals surface area contributed by atoms with E-state index >= 15 is 0 Å². The van der Waals surface area contributed by atoms with Gasteiger partial charge in [0.05, 0.1) is 22.4 Å². The Morgan fingerprint density at radius 3 is 1.65 bits per heavy atom. The number of hydrogen-bond donors (Lipinski definition) is 0. The van der Waals surface area contributed by atoms with Crippen molar-refractivity contribution < 1.29 is 0 Å². The Morgan fingerprint density at radius 2 is 0.892 bits per heavy atom. The van der Waals surface area contributed by atoms with Gasteiger partial charge in [-0.3, -0.25) is 0 Å². The summed E-state index contributed by atoms with van der Waals surface area (Å²) in [5.74, 6) is 0. The average Bonchev–Trinajstić information content (AvgIpc) is 3.83. The molecule has 0 N–H and O–H groups in total. The first-order valence-corrected chi connectivity index (χ1v) is 22.6. The van der Waals surface area contributed by atoms with Gasteiger partial charge in [-0.2, -0.15) is 0 Å². The zero-order chi connectivity index (χ0) is 43.5. The maximum Gasteiger partial charge on any atom is 0.0562 e. The molecule has 0 spiro atoms. The average molecular weight is 831 g/mol. The summed E-state index contributed by atoms with van der Waals surface area (Å²) in [7, 11) is 0. The summed E-state index contributed by atoms with van der Waals surface area (Å²) in [4.78, 5) is 2.51. The summed E-state index contributed by atoms with van der Waals surface area (Å²) in [6, 6.07) is 89.0. The van der Waals surface area contributed by atoms with Crippen LogP contribution < -0.4 is 4.90 Å². The maximum absolute atomic E-state index is 2.51. The van der Waals surface area contributed by atoms with Gasteiger partial charge in [-0.05, 0) is 116 Å². The fourth-order valence-corrected chi connectivity index (χ4v) is 10.6. The van der Waals surface area contributed by atoms with Crippen molar-refractivity contribution in [1.29, 1.82) is 0 Å². The summed E-state index contributed by atoms with van der Waals surface area (Å²) >= 11 is 0. The number of para-hydroxylation sites is 2. The SMILES string of the molecule is CC1(C)c2ccccc2-c2cc(-c3ccc(N(c4cccc(-c5ccccc5)c4-c4ccccc4-c4ccccc4)c4cccc5c4c4ccccc4n5-c4ccccc4)cc3)ccc21. The third-order valence-electron chi connectivity index (χ3n) is 13.6. The molecule has 1 aliphatic carbocycles. The van der Waals surface area contributed by atoms with E-state index in [1.54, 1.807) is 0 Å². The molecule has 65 heavy (non-hydrogen) atoms. The first-order valence-electron chi connectivity index (χ1n) is 22.6. The van der Waals surface area contributed by atoms with Crippen LogP contribution in [0.2, 0.25) is 0 Å². The highest BCUT2D eigenvalue weighted by Gasteiger charge is 2.35. The van der Waals surface area contributed by atoms with E-state index in [9.17, 15) is 0 Å². The minimum absolute atomic E-state index is 0.0371. The highest BCUT2D eigenvalue weighted by molar-refractivity contribution is 6.17. The molecule has 0 fully saturated rings. The second-order valence-corrected chi connectivity index (χ2v) is 17.6. The van der Waals surface area contributed by atoms with E-state index in [1.807, 2.05) is 0 Å². The third kappa shape index (κ3) is 6.32. The molecule has 0 atom stereocenters. The lowest BCUT2D eigenvalue weighted by Crippen LogP contribution is -2.14. The van der Waals surface area contributed by atoms with Crippen molar-refractivity contribution in [2.75, 3.05) is 4.90 Å². The predicted molar refractivity (Wildman–Crippen MR) is 275 cm³/mol. The molecule has 2 heteroatoms. The summed E-state index contributed by atoms with van der Waals surface area (Å²) in [6.07, 6.45) is 0. The van der Waals surface area contributed by atoms with E-state index in [2.05, 4.69) is 266 Å². The van der Waals surface area contributed by atoms with E-state index in [0.717, 1.165) is 28.3 Å². The van der Waals surface area contributed by atoms with Crippen LogP contribution in [0.3, 0.4) is 0 Å². The standard InChI is InChI=1S/C63H46N2/c1-63(2)55-31-16-14-27-51(55)54-42-46(38-41-56(54)63)43-36-39-48(40-37-43)65(60-35-19-34-59-62(60)53-29-15-17-32-57(53)64(59)47-24-10-5-11-25-47)58-33-18-30-50(45-22-8-4-9-23-45)61(58)52-28-13-12-26-49(52)44-20-6-3-7-21-44/h3-42H,1-2H3. The first-order chi connectivity index (χ1) is 32.0. The molecule has 11 aromatic rings. The zero-order valence-electron chi connectivity index (χ0n) is 36.5. The normalized spacial score (nSPS) is 12.6. The minimum atomic E-state index is -0.0371. The number of aromatic nitrogens is 1. The summed E-state index contributed by atoms with van der Waals surface area (Å²) in [5.41, 5.74) is 21.6. The minimum Gasteiger partial charge on any atom is -0.309 e. The number of rotatable bonds is 8. The molecular weight excluding hydrogens is 785 g/mol. The summed E-state index contributed by atoms with van der Waals surface area (Å²) in [5, 5.41) is 2.40. The van der Waals surface area contributed by atoms with E-state index in [0.29, 0.717) is 0 Å². The van der Waals surface area contributed by atoms with Crippen molar-refractivity contribution in [3.8, 4) is 61.3 Å². The summed E-state index contributed by atoms with van der Waals surface area (Å²) < 4.78 is 2.41. The second-order valence-electron chi connectivity index (χ2n) is 17.6. The number of fused-ring (bicyclic) bond motifs is 6. The fraction of sp³-hybridized carbons (Fsp3) is 0.0476. The summed E-state index contributed by atoms with van der Waals surface area (Å²) in [6.45, 7) is 4.69. The van der Waals surface area contributed by atoms with E-state index < -0.39 is 0 Å². The largest absolute Gasteiger partial charge is 0.309 e. The molecule has 0 amide bonds. The van der Waals surface area contributed by atoms with Gasteiger partial charge < -0.3 is 9.47 Å². The van der Waals surface area contributed by atoms with Crippen LogP contribution in [-0.2, 0) is 5.41 Å². The Balaban J connectivity index is 1.13. The van der Waals surface area contributed by atoms with Crippen molar-refractivity contribution in [2.45, 2.75) is 19.3 Å². The third-order valence-corrected chi connectivity index (χ3v) is 13.6. The highest BCUT2D eigenvalue weighted by Crippen LogP contribution is 2.52. The number of nitrogens with zero attached hydrogens (tertiary/aromatic N) is 2. The fourth-order valence-electron chi connectivity index (χ4n) is 10.6. The van der Waals surface area contributed by atoms with Crippen LogP contribution in [0.4, 0.5) is 17.1 Å². The highest BCUT2D eigenvalue weighted by atomic mass is 15.2. The van der Waals surface area contributed by atoms with Gasteiger partial charge in [0.25, 0.3) is 0 Å². The van der Waals surface area contributed by atoms with Crippen LogP contribution >= 0.6 is 0 Å². The molecule has 1 heterocycles. The van der Waals surface area contributed by atoms with E-state index in [1.165, 1.54) is 83.1 Å². The Hall–Kier alpha value is -8.20. The smallest absolute Gasteiger partial charge is 0.0562 e. The van der Waals surface area contributed by atoms with Gasteiger partial charge in [0.2, 0.25) is 0 Å². The molecule has 2 nitrogen and oxygen atoms in total. The number of benzene rings is 10. The van der Waals surface area contributed by atoms with Crippen LogP contribution in [0.5, 0.6) is 0 Å². The molecule has 308 valence electrons. The zero-order valence-corrected chi connectivity index (χ0v) is 36.5. The lowest BCUT2D eigenvalue weighted by atomic mass is 9.82. The maximum atomic E-state index is 2.51. The van der Waals surface area contributed by atoms with E-state index in [-0.39, 0.29) is 5.41 Å². The molecular formula is C63H46N2. The molecule has 0 aliphatic heterocycles. The topological polar surface area (TPSA) is 8.17 Å². The molecule has 1 aromatic heterocycles. The Bertz CT molecular complexity index is 3550. The Morgan fingerprint density at radius 1 is 0.354 bits per heavy atom. The monoisotopic (exact) mass is 830 g/mol. The van der Waals surface area contributed by atoms with Gasteiger partial charge in [-0.25, -0.2) is 0 Å². The van der Waals surface area contributed by atoms with Crippen molar-refractivity contribution >= 4 is 38.9 Å². The van der Waals surface area contributed by atoms with Crippen LogP contribution in [0, 0.1) is 0 Å². The quantitative estimate of drug-likeness (QED) is 0.148. The van der Waals surface area contributed by atoms with Gasteiger partial charge in [-0.1, -0.05) is 202 Å². The molecule has 0 radical (unpaired) electrons. The molecule has 0 unspecified atom stereocenters. The van der Waals surface area contributed by atoms with Gasteiger partial charge in [-0.15, -0.1) is 0 Å². The van der Waals surface area contributed by atoms with Crippen molar-refractivity contribution in [2.24, 2.45) is 0 Å². The van der Waals surface area contributed by atoms with Crippen LogP contribution in [0.1, 0.15) is 25.0 Å². The van der Waals surface area contributed by atoms with Crippen molar-refractivity contribution in [1.82, 2.24) is 4.57 Å². The number of hydrogen-bond acceptors (Lipinski definition) is 1. The molecule has 0 saturated heterocycles. The second kappa shape index (κ2) is 15.6. The van der Waals surface area contributed by atoms with Gasteiger partial charge in [0, 0.05) is 33.1 Å². The molecule has 10 aromatic carbocycles. The van der Waals surface area contributed by atoms with Crippen LogP contribution in [0.15, 0.2) is 243 Å². The Kier molecular flexibility index (Phi) is 9.21. The van der Waals surface area contributed by atoms with Crippen molar-refractivity contribution in [3.63, 3.8) is 0 Å². The van der Waals surface area contributed by atoms with Crippen molar-refractivity contribution in [3.05, 3.63) is 254 Å². The lowest BCUT2D eigenvalue weighted by Gasteiger charge is -2.30. The number of anilines is 3. The first kappa shape index (κ1) is 38.5. The predicted octanol–water partition coefficient (Wildman–Crippen LogP) is 17.2. The molecule has 12 rings (SSSR count). The van der Waals surface area contributed by atoms with Gasteiger partial charge >= 0.3 is 0 Å². The van der Waals surface area contributed by atoms with E-state index in [4.69, 9.17) is 0 Å². The van der Waals surface area contributed by atoms with Gasteiger partial charge in [0.15, 0.2) is 0 Å². The van der Waals surface area contributed by atoms with Crippen LogP contribution in [0.25, 0.3) is 83.1 Å². The molecule has 1 aliphatic rings.